The topological polar surface area (TPSA) is 96.6 Å². The molecule has 0 aliphatic heterocycles. The number of carbonyl (C=O) groups excluding carboxylic acids is 1. The predicted octanol–water partition coefficient (Wildman–Crippen LogP) is 3.07. The van der Waals surface area contributed by atoms with Crippen molar-refractivity contribution in [1.82, 2.24) is 5.43 Å². The summed E-state index contributed by atoms with van der Waals surface area (Å²) >= 11 is 2.23. The van der Waals surface area contributed by atoms with Gasteiger partial charge >= 0.3 is 0 Å². The van der Waals surface area contributed by atoms with Crippen LogP contribution in [0.3, 0.4) is 0 Å². The van der Waals surface area contributed by atoms with Gasteiger partial charge in [-0.2, -0.15) is 5.10 Å². The normalized spacial score (nSPS) is 10.6. The first-order valence-electron chi connectivity index (χ1n) is 7.02. The Labute approximate surface area is 152 Å². The maximum atomic E-state index is 11.8. The van der Waals surface area contributed by atoms with Gasteiger partial charge in [-0.15, -0.1) is 0 Å². The van der Waals surface area contributed by atoms with E-state index in [0.29, 0.717) is 5.56 Å². The summed E-state index contributed by atoms with van der Waals surface area (Å²) in [5.74, 6) is -0.286. The van der Waals surface area contributed by atoms with Crippen LogP contribution in [0.15, 0.2) is 47.6 Å². The fourth-order valence-corrected chi connectivity index (χ4v) is 2.55. The molecule has 124 valence electrons. The maximum Gasteiger partial charge on any atom is 0.269 e. The lowest BCUT2D eigenvalue weighted by molar-refractivity contribution is -0.384. The summed E-state index contributed by atoms with van der Waals surface area (Å²) in [5, 5.41) is 17.4. The van der Waals surface area contributed by atoms with Gasteiger partial charge in [0.1, 0.15) is 0 Å². The van der Waals surface area contributed by atoms with E-state index in [1.165, 1.54) is 18.3 Å². The summed E-state index contributed by atoms with van der Waals surface area (Å²) in [6.07, 6.45) is 1.43. The molecule has 0 aliphatic carbocycles. The summed E-state index contributed by atoms with van der Waals surface area (Å²) < 4.78 is 1.13. The number of nitro groups is 1. The number of amides is 1. The lowest BCUT2D eigenvalue weighted by atomic mass is 10.2. The highest BCUT2D eigenvalue weighted by Crippen LogP contribution is 2.17. The van der Waals surface area contributed by atoms with Gasteiger partial charge in [0, 0.05) is 21.4 Å². The van der Waals surface area contributed by atoms with Crippen molar-refractivity contribution in [2.24, 2.45) is 5.10 Å². The highest BCUT2D eigenvalue weighted by molar-refractivity contribution is 14.1. The maximum absolute atomic E-state index is 11.8. The average Bonchev–Trinajstić information content (AvgIpc) is 2.54. The van der Waals surface area contributed by atoms with E-state index >= 15 is 0 Å². The Morgan fingerprint density at radius 1 is 1.29 bits per heavy atom. The zero-order chi connectivity index (χ0) is 17.5. The molecule has 0 atom stereocenters. The van der Waals surface area contributed by atoms with Crippen LogP contribution >= 0.6 is 22.6 Å². The summed E-state index contributed by atoms with van der Waals surface area (Å²) in [6.45, 7) is 2.06. The summed E-state index contributed by atoms with van der Waals surface area (Å²) in [5.41, 5.74) is 5.02. The van der Waals surface area contributed by atoms with Gasteiger partial charge in [0.15, 0.2) is 0 Å². The second kappa shape index (κ2) is 8.39. The standard InChI is InChI=1S/C16H15IN4O3/c1-11-8-13(17)4-7-15(11)18-10-16(22)20-19-9-12-2-5-14(6-3-12)21(23)24/h2-9,18H,10H2,1H3,(H,20,22)/b19-9+. The van der Waals surface area contributed by atoms with E-state index in [1.807, 2.05) is 25.1 Å². The van der Waals surface area contributed by atoms with E-state index in [9.17, 15) is 14.9 Å². The number of nitrogens with zero attached hydrogens (tertiary/aromatic N) is 2. The fraction of sp³-hybridized carbons (Fsp3) is 0.125. The molecule has 2 aromatic carbocycles. The molecule has 0 radical (unpaired) electrons. The van der Waals surface area contributed by atoms with Crippen molar-refractivity contribution in [2.75, 3.05) is 11.9 Å². The minimum atomic E-state index is -0.471. The van der Waals surface area contributed by atoms with Gasteiger partial charge in [-0.3, -0.25) is 14.9 Å². The molecule has 0 heterocycles. The van der Waals surface area contributed by atoms with Crippen LogP contribution in [0, 0.1) is 20.6 Å². The number of carbonyl (C=O) groups is 1. The fourth-order valence-electron chi connectivity index (χ4n) is 1.90. The Balaban J connectivity index is 1.83. The molecule has 0 spiro atoms. The third-order valence-electron chi connectivity index (χ3n) is 3.13. The SMILES string of the molecule is Cc1cc(I)ccc1NCC(=O)N/N=C/c1ccc([N+](=O)[O-])cc1. The van der Waals surface area contributed by atoms with Crippen molar-refractivity contribution in [3.8, 4) is 0 Å². The first-order chi connectivity index (χ1) is 11.5. The van der Waals surface area contributed by atoms with Crippen molar-refractivity contribution >= 4 is 46.1 Å². The van der Waals surface area contributed by atoms with Crippen LogP contribution in [-0.4, -0.2) is 23.6 Å². The van der Waals surface area contributed by atoms with Gasteiger partial charge in [0.2, 0.25) is 0 Å². The average molecular weight is 438 g/mol. The lowest BCUT2D eigenvalue weighted by Crippen LogP contribution is -2.26. The number of hydrogen-bond donors (Lipinski definition) is 2. The number of rotatable bonds is 6. The van der Waals surface area contributed by atoms with Crippen LogP contribution < -0.4 is 10.7 Å². The van der Waals surface area contributed by atoms with Crippen LogP contribution in [0.4, 0.5) is 11.4 Å². The smallest absolute Gasteiger partial charge is 0.269 e. The van der Waals surface area contributed by atoms with Gasteiger partial charge in [-0.25, -0.2) is 5.43 Å². The molecule has 0 fully saturated rings. The number of aryl methyl sites for hydroxylation is 1. The Morgan fingerprint density at radius 3 is 2.62 bits per heavy atom. The zero-order valence-corrected chi connectivity index (χ0v) is 15.0. The number of halogens is 1. The zero-order valence-electron chi connectivity index (χ0n) is 12.8. The summed E-state index contributed by atoms with van der Waals surface area (Å²) in [4.78, 5) is 21.8. The third-order valence-corrected chi connectivity index (χ3v) is 3.81. The first kappa shape index (κ1) is 17.9. The molecule has 2 aromatic rings. The Hall–Kier alpha value is -2.49. The van der Waals surface area contributed by atoms with Crippen LogP contribution in [0.25, 0.3) is 0 Å². The minimum absolute atomic E-state index is 0.00766. The van der Waals surface area contributed by atoms with Crippen LogP contribution in [0.2, 0.25) is 0 Å². The number of benzene rings is 2. The predicted molar refractivity (Wildman–Crippen MR) is 101 cm³/mol. The number of hydrazone groups is 1. The second-order valence-corrected chi connectivity index (χ2v) is 6.20. The number of nitrogens with one attached hydrogen (secondary N) is 2. The Kier molecular flexibility index (Phi) is 6.24. The number of nitro benzene ring substituents is 1. The van der Waals surface area contributed by atoms with E-state index in [0.717, 1.165) is 14.8 Å². The molecule has 2 rings (SSSR count). The van der Waals surface area contributed by atoms with Crippen LogP contribution in [0.5, 0.6) is 0 Å². The second-order valence-electron chi connectivity index (χ2n) is 4.95. The minimum Gasteiger partial charge on any atom is -0.376 e. The molecule has 24 heavy (non-hydrogen) atoms. The number of anilines is 1. The number of non-ortho nitro benzene ring substituents is 1. The van der Waals surface area contributed by atoms with Gasteiger partial charge in [0.25, 0.3) is 11.6 Å². The highest BCUT2D eigenvalue weighted by Gasteiger charge is 2.04. The molecule has 0 bridgehead atoms. The number of hydrogen-bond acceptors (Lipinski definition) is 5. The first-order valence-corrected chi connectivity index (χ1v) is 8.10. The van der Waals surface area contributed by atoms with Gasteiger partial charge in [0.05, 0.1) is 17.7 Å². The van der Waals surface area contributed by atoms with Gasteiger partial charge in [-0.05, 0) is 71.0 Å². The molecule has 0 unspecified atom stereocenters. The van der Waals surface area contributed by atoms with Crippen LogP contribution in [0.1, 0.15) is 11.1 Å². The van der Waals surface area contributed by atoms with Gasteiger partial charge in [-0.1, -0.05) is 0 Å². The lowest BCUT2D eigenvalue weighted by Gasteiger charge is -2.08. The van der Waals surface area contributed by atoms with E-state index < -0.39 is 4.92 Å². The highest BCUT2D eigenvalue weighted by atomic mass is 127. The molecule has 7 nitrogen and oxygen atoms in total. The summed E-state index contributed by atoms with van der Waals surface area (Å²) in [7, 11) is 0. The monoisotopic (exact) mass is 438 g/mol. The quantitative estimate of drug-likeness (QED) is 0.314. The Morgan fingerprint density at radius 2 is 2.00 bits per heavy atom. The summed E-state index contributed by atoms with van der Waals surface area (Å²) in [6, 6.07) is 11.8. The van der Waals surface area contributed by atoms with Crippen molar-refractivity contribution < 1.29 is 9.72 Å². The van der Waals surface area contributed by atoms with E-state index in [1.54, 1.807) is 12.1 Å². The molecular weight excluding hydrogens is 423 g/mol. The van der Waals surface area contributed by atoms with Crippen molar-refractivity contribution in [2.45, 2.75) is 6.92 Å². The molecular formula is C16H15IN4O3. The van der Waals surface area contributed by atoms with Gasteiger partial charge < -0.3 is 5.32 Å². The van der Waals surface area contributed by atoms with E-state index in [-0.39, 0.29) is 18.1 Å². The molecule has 8 heteroatoms. The van der Waals surface area contributed by atoms with Crippen LogP contribution in [-0.2, 0) is 4.79 Å². The molecule has 2 N–H and O–H groups in total. The molecule has 0 aromatic heterocycles. The Bertz CT molecular complexity index is 775. The molecule has 0 saturated heterocycles. The van der Waals surface area contributed by atoms with Crippen molar-refractivity contribution in [3.05, 3.63) is 67.3 Å². The molecule has 1 amide bonds. The van der Waals surface area contributed by atoms with E-state index in [2.05, 4.69) is 38.4 Å². The molecule has 0 saturated carbocycles. The molecule has 0 aliphatic rings. The van der Waals surface area contributed by atoms with Crippen molar-refractivity contribution in [1.29, 1.82) is 0 Å². The largest absolute Gasteiger partial charge is 0.376 e. The third kappa shape index (κ3) is 5.30. The van der Waals surface area contributed by atoms with E-state index in [4.69, 9.17) is 0 Å². The van der Waals surface area contributed by atoms with Crippen molar-refractivity contribution in [3.63, 3.8) is 0 Å².